The molecule has 1 aliphatic carbocycles. The van der Waals surface area contributed by atoms with Crippen LogP contribution < -0.4 is 5.73 Å². The summed E-state index contributed by atoms with van der Waals surface area (Å²) in [5.74, 6) is -0.270. The first-order valence-corrected chi connectivity index (χ1v) is 4.80. The van der Waals surface area contributed by atoms with Crippen LogP contribution in [0.5, 0.6) is 0 Å². The predicted octanol–water partition coefficient (Wildman–Crippen LogP) is 2.42. The van der Waals surface area contributed by atoms with Crippen molar-refractivity contribution >= 4 is 0 Å². The van der Waals surface area contributed by atoms with Gasteiger partial charge in [-0.3, -0.25) is 0 Å². The van der Waals surface area contributed by atoms with Crippen molar-refractivity contribution in [1.29, 1.82) is 0 Å². The number of nitrogens with two attached hydrogens (primary N) is 1. The van der Waals surface area contributed by atoms with Crippen LogP contribution in [-0.4, -0.2) is 6.04 Å². The molecule has 14 heavy (non-hydrogen) atoms. The molecular formula is C11H13F2N. The maximum absolute atomic E-state index is 13.3. The molecule has 76 valence electrons. The number of benzene rings is 1. The third-order valence-electron chi connectivity index (χ3n) is 2.87. The summed E-state index contributed by atoms with van der Waals surface area (Å²) in [6, 6.07) is 3.66. The van der Waals surface area contributed by atoms with Gasteiger partial charge in [-0.15, -0.1) is 0 Å². The molecule has 0 amide bonds. The Kier molecular flexibility index (Phi) is 2.27. The number of rotatable bonds is 2. The Morgan fingerprint density at radius 3 is 2.71 bits per heavy atom. The minimum atomic E-state index is -0.378. The van der Waals surface area contributed by atoms with Gasteiger partial charge in [0.05, 0.1) is 0 Å². The van der Waals surface area contributed by atoms with E-state index in [1.165, 1.54) is 12.1 Å². The molecule has 0 aliphatic heterocycles. The highest BCUT2D eigenvalue weighted by Crippen LogP contribution is 2.49. The molecular weight excluding hydrogens is 184 g/mol. The van der Waals surface area contributed by atoms with Gasteiger partial charge in [0, 0.05) is 6.04 Å². The molecule has 0 unspecified atom stereocenters. The first-order valence-electron chi connectivity index (χ1n) is 4.80. The van der Waals surface area contributed by atoms with Gasteiger partial charge < -0.3 is 5.73 Å². The van der Waals surface area contributed by atoms with Crippen LogP contribution in [0.2, 0.25) is 0 Å². The summed E-state index contributed by atoms with van der Waals surface area (Å²) >= 11 is 0. The van der Waals surface area contributed by atoms with Gasteiger partial charge in [-0.05, 0) is 48.9 Å². The van der Waals surface area contributed by atoms with E-state index < -0.39 is 0 Å². The van der Waals surface area contributed by atoms with Gasteiger partial charge in [0.1, 0.15) is 11.6 Å². The predicted molar refractivity (Wildman–Crippen MR) is 50.9 cm³/mol. The van der Waals surface area contributed by atoms with E-state index in [-0.39, 0.29) is 23.6 Å². The second-order valence-corrected chi connectivity index (χ2v) is 4.03. The molecule has 3 atom stereocenters. The maximum Gasteiger partial charge on any atom is 0.126 e. The second-order valence-electron chi connectivity index (χ2n) is 4.03. The first kappa shape index (κ1) is 9.59. The normalized spacial score (nSPS) is 27.4. The molecule has 0 aromatic heterocycles. The van der Waals surface area contributed by atoms with E-state index in [2.05, 4.69) is 0 Å². The average molecular weight is 197 g/mol. The van der Waals surface area contributed by atoms with E-state index in [4.69, 9.17) is 5.73 Å². The van der Waals surface area contributed by atoms with Gasteiger partial charge in [0.15, 0.2) is 0 Å². The molecule has 1 fully saturated rings. The molecule has 3 heteroatoms. The molecule has 1 aromatic rings. The molecule has 0 spiro atoms. The van der Waals surface area contributed by atoms with Crippen molar-refractivity contribution in [3.8, 4) is 0 Å². The van der Waals surface area contributed by atoms with Crippen LogP contribution in [0.4, 0.5) is 8.78 Å². The molecule has 1 nitrogen and oxygen atoms in total. The van der Waals surface area contributed by atoms with E-state index in [9.17, 15) is 8.78 Å². The van der Waals surface area contributed by atoms with Crippen molar-refractivity contribution in [2.45, 2.75) is 25.3 Å². The van der Waals surface area contributed by atoms with Crippen LogP contribution in [0, 0.1) is 17.6 Å². The summed E-state index contributed by atoms with van der Waals surface area (Å²) in [7, 11) is 0. The highest BCUT2D eigenvalue weighted by molar-refractivity contribution is 5.28. The number of hydrogen-bond acceptors (Lipinski definition) is 1. The van der Waals surface area contributed by atoms with Crippen molar-refractivity contribution in [1.82, 2.24) is 0 Å². The van der Waals surface area contributed by atoms with E-state index in [0.717, 1.165) is 12.5 Å². The topological polar surface area (TPSA) is 26.0 Å². The van der Waals surface area contributed by atoms with Gasteiger partial charge in [-0.1, -0.05) is 0 Å². The van der Waals surface area contributed by atoms with Crippen LogP contribution in [-0.2, 0) is 0 Å². The lowest BCUT2D eigenvalue weighted by Crippen LogP contribution is -2.18. The highest BCUT2D eigenvalue weighted by atomic mass is 19.1. The Bertz CT molecular complexity index is 349. The molecule has 0 radical (unpaired) electrons. The lowest BCUT2D eigenvalue weighted by atomic mass is 10.1. The smallest absolute Gasteiger partial charge is 0.126 e. The molecule has 1 aromatic carbocycles. The van der Waals surface area contributed by atoms with E-state index in [0.29, 0.717) is 11.5 Å². The van der Waals surface area contributed by atoms with Crippen molar-refractivity contribution in [2.75, 3.05) is 0 Å². The molecule has 2 N–H and O–H groups in total. The van der Waals surface area contributed by atoms with Crippen molar-refractivity contribution in [3.05, 3.63) is 35.4 Å². The molecule has 1 saturated carbocycles. The molecule has 2 rings (SSSR count). The molecule has 0 heterocycles. The number of halogens is 2. The zero-order valence-corrected chi connectivity index (χ0v) is 8.00. The Balaban J connectivity index is 2.22. The Labute approximate surface area is 81.9 Å². The molecule has 0 saturated heterocycles. The first-order chi connectivity index (χ1) is 6.59. The fourth-order valence-electron chi connectivity index (χ4n) is 1.95. The van der Waals surface area contributed by atoms with Gasteiger partial charge in [0.2, 0.25) is 0 Å². The summed E-state index contributed by atoms with van der Waals surface area (Å²) in [4.78, 5) is 0. The van der Waals surface area contributed by atoms with Gasteiger partial charge in [0.25, 0.3) is 0 Å². The Morgan fingerprint density at radius 2 is 2.14 bits per heavy atom. The van der Waals surface area contributed by atoms with Crippen LogP contribution in [0.15, 0.2) is 18.2 Å². The van der Waals surface area contributed by atoms with Crippen LogP contribution in [0.3, 0.4) is 0 Å². The van der Waals surface area contributed by atoms with E-state index >= 15 is 0 Å². The summed E-state index contributed by atoms with van der Waals surface area (Å²) in [6.45, 7) is 1.90. The Morgan fingerprint density at radius 1 is 1.43 bits per heavy atom. The summed E-state index contributed by atoms with van der Waals surface area (Å²) in [6.07, 6.45) is 0.873. The fraction of sp³-hybridized carbons (Fsp3) is 0.455. The minimum Gasteiger partial charge on any atom is -0.328 e. The standard InChI is InChI=1S/C11H13F2N/c1-6(14)8-5-9(8)10-4-7(12)2-3-11(10)13/h2-4,6,8-9H,5,14H2,1H3/t6-,8-,9+/m0/s1. The monoisotopic (exact) mass is 197 g/mol. The minimum absolute atomic E-state index is 0.0580. The van der Waals surface area contributed by atoms with Crippen molar-refractivity contribution in [2.24, 2.45) is 11.7 Å². The third-order valence-corrected chi connectivity index (χ3v) is 2.87. The second kappa shape index (κ2) is 3.31. The molecule has 1 aliphatic rings. The Hall–Kier alpha value is -0.960. The van der Waals surface area contributed by atoms with Gasteiger partial charge in [-0.2, -0.15) is 0 Å². The zero-order chi connectivity index (χ0) is 10.3. The average Bonchev–Trinajstić information content (AvgIpc) is 2.88. The largest absolute Gasteiger partial charge is 0.328 e. The highest BCUT2D eigenvalue weighted by Gasteiger charge is 2.42. The lowest BCUT2D eigenvalue weighted by Gasteiger charge is -2.05. The summed E-state index contributed by atoms with van der Waals surface area (Å²) in [5, 5.41) is 0. The van der Waals surface area contributed by atoms with E-state index in [1.54, 1.807) is 0 Å². The summed E-state index contributed by atoms with van der Waals surface area (Å²) < 4.78 is 26.2. The van der Waals surface area contributed by atoms with Crippen LogP contribution in [0.1, 0.15) is 24.8 Å². The van der Waals surface area contributed by atoms with Gasteiger partial charge >= 0.3 is 0 Å². The maximum atomic E-state index is 13.3. The third kappa shape index (κ3) is 1.64. The zero-order valence-electron chi connectivity index (χ0n) is 8.00. The number of hydrogen-bond donors (Lipinski definition) is 1. The van der Waals surface area contributed by atoms with Crippen LogP contribution >= 0.6 is 0 Å². The molecule has 0 bridgehead atoms. The van der Waals surface area contributed by atoms with E-state index in [1.807, 2.05) is 6.92 Å². The quantitative estimate of drug-likeness (QED) is 0.774. The van der Waals surface area contributed by atoms with Gasteiger partial charge in [-0.25, -0.2) is 8.78 Å². The van der Waals surface area contributed by atoms with Crippen molar-refractivity contribution in [3.63, 3.8) is 0 Å². The SMILES string of the molecule is C[C@H](N)[C@@H]1C[C@H]1c1cc(F)ccc1F. The lowest BCUT2D eigenvalue weighted by molar-refractivity contribution is 0.572. The van der Waals surface area contributed by atoms with Crippen LogP contribution in [0.25, 0.3) is 0 Å². The summed E-state index contributed by atoms with van der Waals surface area (Å²) in [5.41, 5.74) is 6.18. The fourth-order valence-corrected chi connectivity index (χ4v) is 1.95. The van der Waals surface area contributed by atoms with Crippen molar-refractivity contribution < 1.29 is 8.78 Å².